The summed E-state index contributed by atoms with van der Waals surface area (Å²) in [5, 5.41) is 0. The number of hydrogen-bond acceptors (Lipinski definition) is 0. The summed E-state index contributed by atoms with van der Waals surface area (Å²) >= 11 is 0. The van der Waals surface area contributed by atoms with E-state index in [0.717, 1.165) is 42.4 Å². The molecule has 0 saturated heterocycles. The zero-order valence-electron chi connectivity index (χ0n) is 17.1. The highest BCUT2D eigenvalue weighted by Gasteiger charge is 2.09. The van der Waals surface area contributed by atoms with Gasteiger partial charge in [-0.05, 0) is 65.8 Å². The van der Waals surface area contributed by atoms with Gasteiger partial charge in [0.1, 0.15) is 11.6 Å². The van der Waals surface area contributed by atoms with Crippen LogP contribution in [0.15, 0.2) is 60.7 Å². The van der Waals surface area contributed by atoms with Crippen molar-refractivity contribution in [2.24, 2.45) is 0 Å². The molecule has 0 aromatic heterocycles. The van der Waals surface area contributed by atoms with Gasteiger partial charge >= 0.3 is 0 Å². The van der Waals surface area contributed by atoms with Crippen LogP contribution < -0.4 is 0 Å². The van der Waals surface area contributed by atoms with E-state index in [1.807, 2.05) is 24.3 Å². The fraction of sp³-hybridized carbons (Fsp3) is 0.259. The molecule has 0 amide bonds. The molecule has 0 N–H and O–H groups in total. The van der Waals surface area contributed by atoms with Crippen LogP contribution >= 0.6 is 0 Å². The zero-order chi connectivity index (χ0) is 20.6. The van der Waals surface area contributed by atoms with E-state index in [1.54, 1.807) is 0 Å². The Morgan fingerprint density at radius 1 is 0.690 bits per heavy atom. The van der Waals surface area contributed by atoms with E-state index in [9.17, 15) is 8.78 Å². The second-order valence-corrected chi connectivity index (χ2v) is 7.27. The number of rotatable bonds is 6. The van der Waals surface area contributed by atoms with Gasteiger partial charge in [0.25, 0.3) is 0 Å². The van der Waals surface area contributed by atoms with Crippen LogP contribution in [0.3, 0.4) is 0 Å². The molecule has 148 valence electrons. The monoisotopic (exact) mass is 388 g/mol. The molecule has 2 heteroatoms. The van der Waals surface area contributed by atoms with Gasteiger partial charge in [0, 0.05) is 5.56 Å². The summed E-state index contributed by atoms with van der Waals surface area (Å²) in [7, 11) is 0. The Bertz CT molecular complexity index is 980. The third kappa shape index (κ3) is 5.55. The van der Waals surface area contributed by atoms with E-state index in [2.05, 4.69) is 50.0 Å². The van der Waals surface area contributed by atoms with Crippen LogP contribution in [0.2, 0.25) is 0 Å². The van der Waals surface area contributed by atoms with Crippen molar-refractivity contribution in [3.8, 4) is 23.0 Å². The van der Waals surface area contributed by atoms with Gasteiger partial charge in [-0.15, -0.1) is 0 Å². The highest BCUT2D eigenvalue weighted by molar-refractivity contribution is 5.64. The molecule has 3 rings (SSSR count). The molecule has 0 aliphatic carbocycles. The predicted molar refractivity (Wildman–Crippen MR) is 117 cm³/mol. The maximum atomic E-state index is 14.3. The highest BCUT2D eigenvalue weighted by Crippen LogP contribution is 2.21. The smallest absolute Gasteiger partial charge is 0.142 e. The van der Waals surface area contributed by atoms with E-state index in [4.69, 9.17) is 0 Å². The zero-order valence-corrected chi connectivity index (χ0v) is 17.1. The molecule has 0 nitrogen and oxygen atoms in total. The number of unbranched alkanes of at least 4 members (excludes halogenated alkanes) is 2. The van der Waals surface area contributed by atoms with Gasteiger partial charge in [-0.25, -0.2) is 8.78 Å². The molecular weight excluding hydrogens is 362 g/mol. The second-order valence-electron chi connectivity index (χ2n) is 7.27. The average Bonchev–Trinajstić information content (AvgIpc) is 2.74. The Kier molecular flexibility index (Phi) is 7.19. The third-order valence-corrected chi connectivity index (χ3v) is 5.08. The van der Waals surface area contributed by atoms with Crippen LogP contribution in [0.5, 0.6) is 0 Å². The average molecular weight is 389 g/mol. The van der Waals surface area contributed by atoms with Crippen LogP contribution in [-0.4, -0.2) is 0 Å². The number of halogens is 2. The largest absolute Gasteiger partial charge is 0.206 e. The van der Waals surface area contributed by atoms with Crippen molar-refractivity contribution < 1.29 is 8.78 Å². The normalized spacial score (nSPS) is 10.5. The lowest BCUT2D eigenvalue weighted by Gasteiger charge is -2.04. The molecule has 0 atom stereocenters. The molecule has 29 heavy (non-hydrogen) atoms. The molecule has 3 aromatic carbocycles. The third-order valence-electron chi connectivity index (χ3n) is 5.08. The lowest BCUT2D eigenvalue weighted by Crippen LogP contribution is -1.95. The molecular formula is C27H26F2. The maximum Gasteiger partial charge on any atom is 0.142 e. The topological polar surface area (TPSA) is 0 Å². The molecule has 0 fully saturated rings. The number of aryl methyl sites for hydroxylation is 2. The summed E-state index contributed by atoms with van der Waals surface area (Å²) in [5.41, 5.74) is 4.78. The summed E-state index contributed by atoms with van der Waals surface area (Å²) in [4.78, 5) is 0. The van der Waals surface area contributed by atoms with Crippen LogP contribution in [-0.2, 0) is 12.8 Å². The van der Waals surface area contributed by atoms with Gasteiger partial charge in [0.2, 0.25) is 0 Å². The van der Waals surface area contributed by atoms with E-state index < -0.39 is 11.6 Å². The van der Waals surface area contributed by atoms with Crippen LogP contribution in [0.1, 0.15) is 55.4 Å². The first-order valence-electron chi connectivity index (χ1n) is 10.3. The number of benzene rings is 3. The summed E-state index contributed by atoms with van der Waals surface area (Å²) in [5.74, 6) is 4.37. The van der Waals surface area contributed by atoms with Gasteiger partial charge in [-0.2, -0.15) is 0 Å². The van der Waals surface area contributed by atoms with Crippen molar-refractivity contribution >= 4 is 0 Å². The summed E-state index contributed by atoms with van der Waals surface area (Å²) in [6, 6.07) is 19.0. The molecule has 0 aliphatic heterocycles. The van der Waals surface area contributed by atoms with Crippen molar-refractivity contribution in [2.45, 2.75) is 46.0 Å². The molecule has 0 heterocycles. The van der Waals surface area contributed by atoms with Crippen LogP contribution in [0, 0.1) is 23.5 Å². The van der Waals surface area contributed by atoms with Gasteiger partial charge in [0.05, 0.1) is 5.56 Å². The first kappa shape index (κ1) is 20.8. The van der Waals surface area contributed by atoms with E-state index >= 15 is 0 Å². The molecule has 0 spiro atoms. The molecule has 0 aliphatic rings. The summed E-state index contributed by atoms with van der Waals surface area (Å²) in [6.07, 6.45) is 4.78. The fourth-order valence-corrected chi connectivity index (χ4v) is 3.28. The minimum atomic E-state index is -0.586. The van der Waals surface area contributed by atoms with Gasteiger partial charge in [-0.3, -0.25) is 0 Å². The van der Waals surface area contributed by atoms with Gasteiger partial charge < -0.3 is 0 Å². The molecule has 0 saturated carbocycles. The van der Waals surface area contributed by atoms with E-state index in [-0.39, 0.29) is 5.56 Å². The SMILES string of the molecule is CCCCCc1cc(F)c(C#Cc2ccc(-c3ccc(CC)cc3)cc2)c(F)c1. The Hall–Kier alpha value is -2.92. The Morgan fingerprint density at radius 2 is 1.28 bits per heavy atom. The Labute approximate surface area is 172 Å². The Morgan fingerprint density at radius 3 is 1.83 bits per heavy atom. The van der Waals surface area contributed by atoms with Crippen molar-refractivity contribution in [3.63, 3.8) is 0 Å². The van der Waals surface area contributed by atoms with Crippen molar-refractivity contribution in [1.29, 1.82) is 0 Å². The lowest BCUT2D eigenvalue weighted by atomic mass is 10.0. The quantitative estimate of drug-likeness (QED) is 0.306. The predicted octanol–water partition coefficient (Wildman–Crippen LogP) is 7.33. The molecule has 0 bridgehead atoms. The second kappa shape index (κ2) is 10.0. The van der Waals surface area contributed by atoms with Crippen molar-refractivity contribution in [2.75, 3.05) is 0 Å². The minimum absolute atomic E-state index is 0.163. The minimum Gasteiger partial charge on any atom is -0.206 e. The molecule has 3 aromatic rings. The van der Waals surface area contributed by atoms with E-state index in [0.29, 0.717) is 12.0 Å². The van der Waals surface area contributed by atoms with Crippen molar-refractivity contribution in [1.82, 2.24) is 0 Å². The lowest BCUT2D eigenvalue weighted by molar-refractivity contribution is 0.572. The van der Waals surface area contributed by atoms with Crippen molar-refractivity contribution in [3.05, 3.63) is 94.6 Å². The van der Waals surface area contributed by atoms with Gasteiger partial charge in [-0.1, -0.05) is 74.9 Å². The van der Waals surface area contributed by atoms with E-state index in [1.165, 1.54) is 17.7 Å². The highest BCUT2D eigenvalue weighted by atomic mass is 19.1. The first-order valence-corrected chi connectivity index (χ1v) is 10.3. The maximum absolute atomic E-state index is 14.3. The number of hydrogen-bond donors (Lipinski definition) is 0. The first-order chi connectivity index (χ1) is 14.1. The Balaban J connectivity index is 1.75. The summed E-state index contributed by atoms with van der Waals surface area (Å²) in [6.45, 7) is 4.24. The molecule has 0 radical (unpaired) electrons. The molecule has 0 unspecified atom stereocenters. The van der Waals surface area contributed by atoms with Crippen LogP contribution in [0.4, 0.5) is 8.78 Å². The standard InChI is InChI=1S/C27H26F2/c1-3-5-6-7-22-18-26(28)25(27(29)19-22)17-12-21-10-15-24(16-11-21)23-13-8-20(4-2)9-14-23/h8-11,13-16,18-19H,3-7H2,1-2H3. The summed E-state index contributed by atoms with van der Waals surface area (Å²) < 4.78 is 28.7. The van der Waals surface area contributed by atoms with Crippen LogP contribution in [0.25, 0.3) is 11.1 Å². The fourth-order valence-electron chi connectivity index (χ4n) is 3.28. The van der Waals surface area contributed by atoms with Gasteiger partial charge in [0.15, 0.2) is 0 Å².